The van der Waals surface area contributed by atoms with Gasteiger partial charge < -0.3 is 4.57 Å². The molecule has 1 unspecified atom stereocenters. The second-order valence-electron chi connectivity index (χ2n) is 4.16. The lowest BCUT2D eigenvalue weighted by Crippen LogP contribution is -2.31. The highest BCUT2D eigenvalue weighted by Gasteiger charge is 2.21. The van der Waals surface area contributed by atoms with Crippen LogP contribution in [0.15, 0.2) is 29.0 Å². The number of halogens is 3. The van der Waals surface area contributed by atoms with E-state index in [0.29, 0.717) is 10.3 Å². The minimum Gasteiger partial charge on any atom is -0.338 e. The van der Waals surface area contributed by atoms with Crippen LogP contribution in [0.5, 0.6) is 0 Å². The van der Waals surface area contributed by atoms with E-state index in [1.54, 1.807) is 17.0 Å². The molecule has 2 aromatic rings. The molecule has 1 aromatic heterocycles. The van der Waals surface area contributed by atoms with Gasteiger partial charge in [-0.3, -0.25) is 11.3 Å². The van der Waals surface area contributed by atoms with Crippen LogP contribution in [0.1, 0.15) is 17.4 Å². The third kappa shape index (κ3) is 2.99. The Morgan fingerprint density at radius 2 is 2.05 bits per heavy atom. The number of hydrogen-bond donors (Lipinski definition) is 2. The van der Waals surface area contributed by atoms with E-state index in [1.807, 2.05) is 7.05 Å². The summed E-state index contributed by atoms with van der Waals surface area (Å²) in [7, 11) is 1.81. The Kier molecular flexibility index (Phi) is 4.28. The zero-order valence-electron chi connectivity index (χ0n) is 10.2. The second kappa shape index (κ2) is 5.77. The van der Waals surface area contributed by atoms with Crippen LogP contribution in [-0.4, -0.2) is 9.55 Å². The second-order valence-corrected chi connectivity index (χ2v) is 5.08. The van der Waals surface area contributed by atoms with E-state index in [0.717, 1.165) is 0 Å². The quantitative estimate of drug-likeness (QED) is 0.667. The Balaban J connectivity index is 2.35. The number of hydrazine groups is 1. The first-order chi connectivity index (χ1) is 9.02. The summed E-state index contributed by atoms with van der Waals surface area (Å²) in [4.78, 5) is 4.12. The summed E-state index contributed by atoms with van der Waals surface area (Å²) in [6, 6.07) is 1.73. The van der Waals surface area contributed by atoms with Crippen molar-refractivity contribution in [2.24, 2.45) is 12.9 Å². The molecule has 3 N–H and O–H groups in total. The van der Waals surface area contributed by atoms with Crippen molar-refractivity contribution in [2.45, 2.75) is 12.5 Å². The fourth-order valence-corrected chi connectivity index (χ4v) is 2.31. The van der Waals surface area contributed by atoms with E-state index >= 15 is 0 Å². The monoisotopic (exact) mass is 330 g/mol. The predicted molar refractivity (Wildman–Crippen MR) is 71.0 cm³/mol. The van der Waals surface area contributed by atoms with Crippen LogP contribution in [0.2, 0.25) is 0 Å². The van der Waals surface area contributed by atoms with E-state index in [-0.39, 0.29) is 12.0 Å². The molecule has 0 aliphatic heterocycles. The van der Waals surface area contributed by atoms with E-state index in [1.165, 1.54) is 12.1 Å². The average Bonchev–Trinajstić information content (AvgIpc) is 2.72. The molecule has 0 aliphatic carbocycles. The number of hydrogen-bond acceptors (Lipinski definition) is 3. The molecule has 7 heteroatoms. The van der Waals surface area contributed by atoms with E-state index in [9.17, 15) is 8.78 Å². The minimum atomic E-state index is -0.686. The number of aromatic nitrogens is 2. The fourth-order valence-electron chi connectivity index (χ4n) is 1.91. The maximum Gasteiger partial charge on any atom is 0.132 e. The Morgan fingerprint density at radius 3 is 2.53 bits per heavy atom. The number of benzene rings is 1. The molecule has 1 atom stereocenters. The SMILES string of the molecule is Cn1ccnc1CC(NN)c1c(F)cc(Br)cc1F. The number of imidazole rings is 1. The van der Waals surface area contributed by atoms with E-state index < -0.39 is 17.7 Å². The Labute approximate surface area is 117 Å². The zero-order valence-corrected chi connectivity index (χ0v) is 11.8. The van der Waals surface area contributed by atoms with Gasteiger partial charge in [-0.25, -0.2) is 13.8 Å². The zero-order chi connectivity index (χ0) is 14.0. The van der Waals surface area contributed by atoms with Gasteiger partial charge in [0.1, 0.15) is 17.5 Å². The number of rotatable bonds is 4. The Bertz CT molecular complexity index is 562. The van der Waals surface area contributed by atoms with Crippen molar-refractivity contribution in [1.29, 1.82) is 0 Å². The lowest BCUT2D eigenvalue weighted by atomic mass is 10.0. The number of nitrogens with one attached hydrogen (secondary N) is 1. The number of aryl methyl sites for hydroxylation is 1. The van der Waals surface area contributed by atoms with Crippen LogP contribution in [0.3, 0.4) is 0 Å². The Morgan fingerprint density at radius 1 is 1.42 bits per heavy atom. The molecule has 0 aliphatic rings. The molecule has 0 bridgehead atoms. The van der Waals surface area contributed by atoms with Gasteiger partial charge in [-0.1, -0.05) is 15.9 Å². The van der Waals surface area contributed by atoms with Gasteiger partial charge in [0.15, 0.2) is 0 Å². The minimum absolute atomic E-state index is 0.0892. The molecule has 19 heavy (non-hydrogen) atoms. The number of nitrogens with zero attached hydrogens (tertiary/aromatic N) is 2. The van der Waals surface area contributed by atoms with Crippen molar-refractivity contribution >= 4 is 15.9 Å². The highest BCUT2D eigenvalue weighted by Crippen LogP contribution is 2.26. The highest BCUT2D eigenvalue weighted by molar-refractivity contribution is 9.10. The van der Waals surface area contributed by atoms with Crippen LogP contribution >= 0.6 is 15.9 Å². The van der Waals surface area contributed by atoms with Crippen molar-refractivity contribution in [3.05, 3.63) is 52.0 Å². The maximum atomic E-state index is 13.9. The van der Waals surface area contributed by atoms with Gasteiger partial charge in [0.25, 0.3) is 0 Å². The van der Waals surface area contributed by atoms with Gasteiger partial charge in [-0.05, 0) is 12.1 Å². The summed E-state index contributed by atoms with van der Waals surface area (Å²) in [6.07, 6.45) is 3.67. The van der Waals surface area contributed by atoms with Gasteiger partial charge in [0.2, 0.25) is 0 Å². The van der Waals surface area contributed by atoms with Gasteiger partial charge >= 0.3 is 0 Å². The molecule has 1 aromatic carbocycles. The summed E-state index contributed by atoms with van der Waals surface area (Å²) >= 11 is 3.04. The van der Waals surface area contributed by atoms with Crippen molar-refractivity contribution < 1.29 is 8.78 Å². The fraction of sp³-hybridized carbons (Fsp3) is 0.250. The van der Waals surface area contributed by atoms with E-state index in [2.05, 4.69) is 26.3 Å². The molecule has 4 nitrogen and oxygen atoms in total. The van der Waals surface area contributed by atoms with Gasteiger partial charge in [0.05, 0.1) is 6.04 Å². The first kappa shape index (κ1) is 14.1. The van der Waals surface area contributed by atoms with Crippen molar-refractivity contribution in [1.82, 2.24) is 15.0 Å². The predicted octanol–water partition coefficient (Wildman–Crippen LogP) is 2.21. The molecule has 0 amide bonds. The lowest BCUT2D eigenvalue weighted by molar-refractivity contribution is 0.463. The normalized spacial score (nSPS) is 12.7. The first-order valence-corrected chi connectivity index (χ1v) is 6.39. The molecule has 0 saturated carbocycles. The summed E-state index contributed by atoms with van der Waals surface area (Å²) in [6.45, 7) is 0. The highest BCUT2D eigenvalue weighted by atomic mass is 79.9. The standard InChI is InChI=1S/C12H13BrF2N4/c1-19-3-2-17-11(19)6-10(18-16)12-8(14)4-7(13)5-9(12)15/h2-5,10,18H,6,16H2,1H3. The molecule has 1 heterocycles. The van der Waals surface area contributed by atoms with Crippen LogP contribution in [0, 0.1) is 11.6 Å². The molecule has 0 spiro atoms. The summed E-state index contributed by atoms with van der Waals surface area (Å²) in [5.74, 6) is 4.80. The molecule has 102 valence electrons. The third-order valence-corrected chi connectivity index (χ3v) is 3.36. The molecule has 0 fully saturated rings. The Hall–Kier alpha value is -1.31. The van der Waals surface area contributed by atoms with Crippen LogP contribution in [0.25, 0.3) is 0 Å². The smallest absolute Gasteiger partial charge is 0.132 e. The third-order valence-electron chi connectivity index (χ3n) is 2.90. The van der Waals surface area contributed by atoms with Crippen LogP contribution < -0.4 is 11.3 Å². The lowest BCUT2D eigenvalue weighted by Gasteiger charge is -2.17. The van der Waals surface area contributed by atoms with Crippen molar-refractivity contribution in [3.63, 3.8) is 0 Å². The summed E-state index contributed by atoms with van der Waals surface area (Å²) < 4.78 is 29.9. The topological polar surface area (TPSA) is 55.9 Å². The van der Waals surface area contributed by atoms with Crippen molar-refractivity contribution in [3.8, 4) is 0 Å². The van der Waals surface area contributed by atoms with Gasteiger partial charge in [-0.15, -0.1) is 0 Å². The van der Waals surface area contributed by atoms with Crippen LogP contribution in [-0.2, 0) is 13.5 Å². The molecular formula is C12H13BrF2N4. The van der Waals surface area contributed by atoms with Gasteiger partial charge in [0, 0.05) is 35.9 Å². The summed E-state index contributed by atoms with van der Waals surface area (Å²) in [5, 5.41) is 0. The number of nitrogens with two attached hydrogens (primary N) is 1. The molecule has 2 rings (SSSR count). The maximum absolute atomic E-state index is 13.9. The van der Waals surface area contributed by atoms with Crippen molar-refractivity contribution in [2.75, 3.05) is 0 Å². The summed E-state index contributed by atoms with van der Waals surface area (Å²) in [5.41, 5.74) is 2.35. The largest absolute Gasteiger partial charge is 0.338 e. The molecule has 0 radical (unpaired) electrons. The first-order valence-electron chi connectivity index (χ1n) is 5.59. The van der Waals surface area contributed by atoms with E-state index in [4.69, 9.17) is 5.84 Å². The molecular weight excluding hydrogens is 318 g/mol. The average molecular weight is 331 g/mol. The van der Waals surface area contributed by atoms with Gasteiger partial charge in [-0.2, -0.15) is 0 Å². The van der Waals surface area contributed by atoms with Crippen LogP contribution in [0.4, 0.5) is 8.78 Å². The molecule has 0 saturated heterocycles.